The molecule has 2 heterocycles. The molecule has 1 N–H and O–H groups in total. The van der Waals surface area contributed by atoms with E-state index in [2.05, 4.69) is 4.72 Å². The first-order chi connectivity index (χ1) is 15.3. The summed E-state index contributed by atoms with van der Waals surface area (Å²) < 4.78 is 46.9. The summed E-state index contributed by atoms with van der Waals surface area (Å²) in [6, 6.07) is 6.17. The van der Waals surface area contributed by atoms with Crippen LogP contribution in [-0.4, -0.2) is 69.9 Å². The van der Waals surface area contributed by atoms with Crippen molar-refractivity contribution < 1.29 is 22.3 Å². The Labute approximate surface area is 190 Å². The van der Waals surface area contributed by atoms with Crippen molar-refractivity contribution in [2.45, 2.75) is 63.1 Å². The Morgan fingerprint density at radius 3 is 2.50 bits per heavy atom. The maximum atomic E-state index is 14.1. The Kier molecular flexibility index (Phi) is 7.37. The molecule has 178 valence electrons. The molecule has 1 amide bonds. The molecule has 1 saturated carbocycles. The van der Waals surface area contributed by atoms with Gasteiger partial charge in [0.1, 0.15) is 5.82 Å². The van der Waals surface area contributed by atoms with Crippen LogP contribution < -0.4 is 9.62 Å². The maximum absolute atomic E-state index is 14.1. The third-order valence-corrected chi connectivity index (χ3v) is 7.49. The highest BCUT2D eigenvalue weighted by atomic mass is 32.2. The van der Waals surface area contributed by atoms with Gasteiger partial charge in [0.25, 0.3) is 0 Å². The Morgan fingerprint density at radius 1 is 1.12 bits per heavy atom. The second kappa shape index (κ2) is 10.1. The summed E-state index contributed by atoms with van der Waals surface area (Å²) in [6.45, 7) is 2.36. The third kappa shape index (κ3) is 6.20. The smallest absolute Gasteiger partial charge is 0.223 e. The molecule has 9 heteroatoms. The number of sulfonamides is 1. The first kappa shape index (κ1) is 23.4. The minimum Gasteiger partial charge on any atom is -0.376 e. The number of piperidine rings is 2. The average Bonchev–Trinajstić information content (AvgIpc) is 3.56. The van der Waals surface area contributed by atoms with Crippen molar-refractivity contribution >= 4 is 21.6 Å². The van der Waals surface area contributed by atoms with Crippen LogP contribution in [0, 0.1) is 11.7 Å². The summed E-state index contributed by atoms with van der Waals surface area (Å²) in [5.74, 6) is 0.374. The molecule has 0 unspecified atom stereocenters. The molecule has 0 bridgehead atoms. The monoisotopic (exact) mass is 467 g/mol. The quantitative estimate of drug-likeness (QED) is 0.636. The number of nitrogens with zero attached hydrogens (tertiary/aromatic N) is 2. The Balaban J connectivity index is 1.36. The van der Waals surface area contributed by atoms with Gasteiger partial charge in [0, 0.05) is 32.1 Å². The zero-order chi connectivity index (χ0) is 22.7. The molecule has 1 aromatic rings. The normalized spacial score (nSPS) is 25.2. The van der Waals surface area contributed by atoms with Crippen LogP contribution in [0.25, 0.3) is 0 Å². The predicted octanol–water partition coefficient (Wildman–Crippen LogP) is 2.52. The molecule has 3 fully saturated rings. The van der Waals surface area contributed by atoms with Crippen molar-refractivity contribution in [3.63, 3.8) is 0 Å². The zero-order valence-corrected chi connectivity index (χ0v) is 19.5. The zero-order valence-electron chi connectivity index (χ0n) is 18.7. The van der Waals surface area contributed by atoms with E-state index >= 15 is 0 Å². The molecule has 32 heavy (non-hydrogen) atoms. The number of amides is 1. The molecule has 0 radical (unpaired) electrons. The number of halogens is 1. The summed E-state index contributed by atoms with van der Waals surface area (Å²) in [6.07, 6.45) is 6.93. The van der Waals surface area contributed by atoms with Crippen molar-refractivity contribution in [2.75, 3.05) is 37.4 Å². The number of likely N-dealkylation sites (tertiary alicyclic amines) is 1. The van der Waals surface area contributed by atoms with Gasteiger partial charge < -0.3 is 14.5 Å². The van der Waals surface area contributed by atoms with Crippen LogP contribution in [0.15, 0.2) is 24.3 Å². The van der Waals surface area contributed by atoms with E-state index in [4.69, 9.17) is 4.74 Å². The topological polar surface area (TPSA) is 79.0 Å². The van der Waals surface area contributed by atoms with Crippen molar-refractivity contribution in [1.82, 2.24) is 9.62 Å². The highest BCUT2D eigenvalue weighted by Gasteiger charge is 2.38. The Hall–Kier alpha value is -1.71. The summed E-state index contributed by atoms with van der Waals surface area (Å²) in [5.41, 5.74) is 0.618. The van der Waals surface area contributed by atoms with Crippen LogP contribution in [0.3, 0.4) is 0 Å². The van der Waals surface area contributed by atoms with E-state index in [0.29, 0.717) is 50.7 Å². The molecule has 0 spiro atoms. The van der Waals surface area contributed by atoms with Gasteiger partial charge in [-0.25, -0.2) is 17.5 Å². The highest BCUT2D eigenvalue weighted by molar-refractivity contribution is 7.88. The van der Waals surface area contributed by atoms with Crippen LogP contribution in [0.4, 0.5) is 10.1 Å². The number of hydrogen-bond donors (Lipinski definition) is 1. The molecule has 1 aromatic carbocycles. The van der Waals surface area contributed by atoms with Crippen molar-refractivity contribution in [3.8, 4) is 0 Å². The highest BCUT2D eigenvalue weighted by Crippen LogP contribution is 2.34. The number of anilines is 1. The van der Waals surface area contributed by atoms with E-state index in [1.807, 2.05) is 15.9 Å². The number of para-hydroxylation sites is 1. The van der Waals surface area contributed by atoms with E-state index in [9.17, 15) is 17.6 Å². The fourth-order valence-electron chi connectivity index (χ4n) is 4.88. The number of hydrogen-bond acceptors (Lipinski definition) is 5. The van der Waals surface area contributed by atoms with Gasteiger partial charge >= 0.3 is 0 Å². The fourth-order valence-corrected chi connectivity index (χ4v) is 5.70. The summed E-state index contributed by atoms with van der Waals surface area (Å²) in [7, 11) is -3.39. The lowest BCUT2D eigenvalue weighted by Crippen LogP contribution is -2.59. The van der Waals surface area contributed by atoms with E-state index in [1.165, 1.54) is 6.07 Å². The summed E-state index contributed by atoms with van der Waals surface area (Å²) >= 11 is 0. The summed E-state index contributed by atoms with van der Waals surface area (Å²) in [5, 5.41) is 0. The number of nitrogens with one attached hydrogen (secondary N) is 1. The van der Waals surface area contributed by atoms with E-state index in [1.54, 1.807) is 12.1 Å². The lowest BCUT2D eigenvalue weighted by Gasteiger charge is -2.42. The van der Waals surface area contributed by atoms with Gasteiger partial charge in [-0.05, 0) is 56.6 Å². The molecular weight excluding hydrogens is 433 g/mol. The second-order valence-electron chi connectivity index (χ2n) is 9.41. The van der Waals surface area contributed by atoms with E-state index in [-0.39, 0.29) is 29.9 Å². The molecule has 1 aliphatic carbocycles. The molecule has 2 aliphatic heterocycles. The molecule has 0 aromatic heterocycles. The van der Waals surface area contributed by atoms with Gasteiger partial charge in [-0.2, -0.15) is 0 Å². The number of carbonyl (C=O) groups excluding carboxylic acids is 1. The van der Waals surface area contributed by atoms with E-state index in [0.717, 1.165) is 38.4 Å². The first-order valence-corrected chi connectivity index (χ1v) is 13.6. The molecule has 3 aliphatic rings. The fraction of sp³-hybridized carbons (Fsp3) is 0.696. The van der Waals surface area contributed by atoms with Gasteiger partial charge in [-0.15, -0.1) is 0 Å². The third-order valence-electron chi connectivity index (χ3n) is 6.76. The SMILES string of the molecule is CS(=O)(=O)N[C@H]1CCCN(C(=O)CC2CC2)[C@H]1COC1CCN(c2ccccc2F)CC1. The van der Waals surface area contributed by atoms with Crippen LogP contribution in [-0.2, 0) is 19.6 Å². The molecular formula is C23H34FN3O4S. The predicted molar refractivity (Wildman–Crippen MR) is 121 cm³/mol. The summed E-state index contributed by atoms with van der Waals surface area (Å²) in [4.78, 5) is 16.8. The number of carbonyl (C=O) groups is 1. The van der Waals surface area contributed by atoms with Gasteiger partial charge in [0.15, 0.2) is 0 Å². The minimum absolute atomic E-state index is 0.0132. The number of ether oxygens (including phenoxy) is 1. The van der Waals surface area contributed by atoms with Crippen LogP contribution in [0.2, 0.25) is 0 Å². The van der Waals surface area contributed by atoms with Crippen molar-refractivity contribution in [1.29, 1.82) is 0 Å². The van der Waals surface area contributed by atoms with Crippen LogP contribution >= 0.6 is 0 Å². The minimum atomic E-state index is -3.39. The Bertz CT molecular complexity index is 900. The lowest BCUT2D eigenvalue weighted by atomic mass is 9.96. The molecule has 2 saturated heterocycles. The van der Waals surface area contributed by atoms with Crippen LogP contribution in [0.1, 0.15) is 44.9 Å². The molecule has 4 rings (SSSR count). The van der Waals surface area contributed by atoms with Crippen LogP contribution in [0.5, 0.6) is 0 Å². The largest absolute Gasteiger partial charge is 0.376 e. The first-order valence-electron chi connectivity index (χ1n) is 11.7. The second-order valence-corrected chi connectivity index (χ2v) is 11.2. The van der Waals surface area contributed by atoms with Gasteiger partial charge in [0.2, 0.25) is 15.9 Å². The molecule has 7 nitrogen and oxygen atoms in total. The Morgan fingerprint density at radius 2 is 1.84 bits per heavy atom. The lowest BCUT2D eigenvalue weighted by molar-refractivity contribution is -0.138. The maximum Gasteiger partial charge on any atom is 0.223 e. The van der Waals surface area contributed by atoms with Gasteiger partial charge in [-0.1, -0.05) is 12.1 Å². The number of rotatable bonds is 8. The standard InChI is InChI=1S/C23H34FN3O4S/c1-32(29,30)25-20-6-4-12-27(23(28)15-17-8-9-17)22(20)16-31-18-10-13-26(14-11-18)21-7-3-2-5-19(21)24/h2-3,5,7,17-18,20,22,25H,4,6,8-16H2,1H3/t20-,22-/m0/s1. The van der Waals surface area contributed by atoms with Gasteiger partial charge in [0.05, 0.1) is 30.7 Å². The van der Waals surface area contributed by atoms with Crippen molar-refractivity contribution in [2.24, 2.45) is 5.92 Å². The molecule has 2 atom stereocenters. The van der Waals surface area contributed by atoms with Gasteiger partial charge in [-0.3, -0.25) is 4.79 Å². The van der Waals surface area contributed by atoms with E-state index < -0.39 is 10.0 Å². The number of benzene rings is 1. The average molecular weight is 468 g/mol. The van der Waals surface area contributed by atoms with Crippen molar-refractivity contribution in [3.05, 3.63) is 30.1 Å².